The van der Waals surface area contributed by atoms with E-state index in [2.05, 4.69) is 55.3 Å². The van der Waals surface area contributed by atoms with Crippen molar-refractivity contribution < 1.29 is 14.3 Å². The number of nitrogens with two attached hydrogens (primary N) is 1. The van der Waals surface area contributed by atoms with Crippen molar-refractivity contribution in [3.8, 4) is 16.9 Å². The van der Waals surface area contributed by atoms with Crippen LogP contribution in [0.25, 0.3) is 11.1 Å². The van der Waals surface area contributed by atoms with E-state index in [9.17, 15) is 9.59 Å². The summed E-state index contributed by atoms with van der Waals surface area (Å²) in [5.74, 6) is 0.867. The van der Waals surface area contributed by atoms with E-state index >= 15 is 0 Å². The summed E-state index contributed by atoms with van der Waals surface area (Å²) in [4.78, 5) is 28.8. The molecular weight excluding hydrogens is 452 g/mol. The molecule has 3 aromatic carbocycles. The third kappa shape index (κ3) is 5.46. The maximum Gasteiger partial charge on any atom is 0.314 e. The fourth-order valence-electron chi connectivity index (χ4n) is 4.61. The second-order valence-corrected chi connectivity index (χ2v) is 9.52. The molecule has 1 aliphatic rings. The third-order valence-electron chi connectivity index (χ3n) is 6.76. The standard InChI is InChI=1S/C29H34N4O3/c1-19(2)21-5-7-22(8-6-21)26-14-13-25(36-4)17-27(26)28(34)31-23-9-11-24(12-10-23)33-16-15-32(29(30)35)18-20(33)3/h5-14,17,19-20H,15-16,18H2,1-4H3,(H2,30,35)(H,31,34). The van der Waals surface area contributed by atoms with Crippen LogP contribution in [0.4, 0.5) is 16.2 Å². The van der Waals surface area contributed by atoms with Gasteiger partial charge in [-0.2, -0.15) is 0 Å². The van der Waals surface area contributed by atoms with E-state index in [1.807, 2.05) is 36.4 Å². The maximum absolute atomic E-state index is 13.4. The van der Waals surface area contributed by atoms with Crippen LogP contribution in [0.1, 0.15) is 42.6 Å². The van der Waals surface area contributed by atoms with E-state index in [-0.39, 0.29) is 18.0 Å². The summed E-state index contributed by atoms with van der Waals surface area (Å²) in [6.45, 7) is 8.28. The minimum atomic E-state index is -0.382. The molecule has 36 heavy (non-hydrogen) atoms. The lowest BCUT2D eigenvalue weighted by molar-refractivity contribution is 0.102. The van der Waals surface area contributed by atoms with E-state index < -0.39 is 0 Å². The second-order valence-electron chi connectivity index (χ2n) is 9.52. The van der Waals surface area contributed by atoms with Crippen molar-refractivity contribution in [1.82, 2.24) is 4.90 Å². The molecule has 1 heterocycles. The Kier molecular flexibility index (Phi) is 7.48. The fourth-order valence-corrected chi connectivity index (χ4v) is 4.61. The van der Waals surface area contributed by atoms with Crippen LogP contribution in [0.5, 0.6) is 5.75 Å². The van der Waals surface area contributed by atoms with E-state index in [1.54, 1.807) is 18.1 Å². The number of rotatable bonds is 6. The summed E-state index contributed by atoms with van der Waals surface area (Å²) < 4.78 is 5.39. The van der Waals surface area contributed by atoms with Crippen LogP contribution >= 0.6 is 0 Å². The molecular formula is C29H34N4O3. The maximum atomic E-state index is 13.4. The number of urea groups is 1. The van der Waals surface area contributed by atoms with E-state index in [0.717, 1.165) is 16.8 Å². The Morgan fingerprint density at radius 2 is 1.69 bits per heavy atom. The largest absolute Gasteiger partial charge is 0.497 e. The Hall–Kier alpha value is -4.00. The first-order valence-electron chi connectivity index (χ1n) is 12.3. The van der Waals surface area contributed by atoms with Crippen LogP contribution in [0, 0.1) is 0 Å². The molecule has 3 N–H and O–H groups in total. The fraction of sp³-hybridized carbons (Fsp3) is 0.310. The Morgan fingerprint density at radius 1 is 1.00 bits per heavy atom. The lowest BCUT2D eigenvalue weighted by atomic mass is 9.95. The first-order valence-corrected chi connectivity index (χ1v) is 12.3. The van der Waals surface area contributed by atoms with E-state index in [0.29, 0.717) is 42.6 Å². The van der Waals surface area contributed by atoms with Crippen molar-refractivity contribution in [1.29, 1.82) is 0 Å². The average Bonchev–Trinajstić information content (AvgIpc) is 2.88. The number of methoxy groups -OCH3 is 1. The number of hydrogen-bond donors (Lipinski definition) is 2. The lowest BCUT2D eigenvalue weighted by Crippen LogP contribution is -2.55. The molecule has 1 fully saturated rings. The highest BCUT2D eigenvalue weighted by molar-refractivity contribution is 6.09. The van der Waals surface area contributed by atoms with Crippen molar-refractivity contribution in [2.75, 3.05) is 37.0 Å². The lowest BCUT2D eigenvalue weighted by Gasteiger charge is -2.40. The SMILES string of the molecule is COc1ccc(-c2ccc(C(C)C)cc2)c(C(=O)Nc2ccc(N3CCN(C(N)=O)CC3C)cc2)c1. The van der Waals surface area contributed by atoms with Crippen LogP contribution in [-0.2, 0) is 0 Å². The predicted molar refractivity (Wildman–Crippen MR) is 145 cm³/mol. The molecule has 1 unspecified atom stereocenters. The van der Waals surface area contributed by atoms with Crippen LogP contribution in [0.3, 0.4) is 0 Å². The number of ether oxygens (including phenoxy) is 1. The molecule has 3 aromatic rings. The van der Waals surface area contributed by atoms with Crippen LogP contribution in [0.2, 0.25) is 0 Å². The molecule has 0 spiro atoms. The van der Waals surface area contributed by atoms with E-state index in [4.69, 9.17) is 10.5 Å². The van der Waals surface area contributed by atoms with Crippen LogP contribution < -0.4 is 20.7 Å². The quantitative estimate of drug-likeness (QED) is 0.493. The van der Waals surface area contributed by atoms with Crippen molar-refractivity contribution in [3.05, 3.63) is 77.9 Å². The Morgan fingerprint density at radius 3 is 2.28 bits per heavy atom. The molecule has 188 valence electrons. The highest BCUT2D eigenvalue weighted by Crippen LogP contribution is 2.30. The van der Waals surface area contributed by atoms with Crippen LogP contribution in [-0.4, -0.2) is 49.6 Å². The van der Waals surface area contributed by atoms with Gasteiger partial charge in [-0.3, -0.25) is 4.79 Å². The van der Waals surface area contributed by atoms with Crippen LogP contribution in [0.15, 0.2) is 66.7 Å². The van der Waals surface area contributed by atoms with Gasteiger partial charge in [0.15, 0.2) is 0 Å². The summed E-state index contributed by atoms with van der Waals surface area (Å²) in [5.41, 5.74) is 10.8. The third-order valence-corrected chi connectivity index (χ3v) is 6.76. The van der Waals surface area contributed by atoms with Gasteiger partial charge in [0.05, 0.1) is 12.7 Å². The molecule has 7 heteroatoms. The molecule has 1 atom stereocenters. The van der Waals surface area contributed by atoms with Crippen molar-refractivity contribution >= 4 is 23.3 Å². The number of primary amides is 1. The summed E-state index contributed by atoms with van der Waals surface area (Å²) in [6, 6.07) is 21.4. The summed E-state index contributed by atoms with van der Waals surface area (Å²) in [5, 5.41) is 3.03. The molecule has 0 saturated carbocycles. The summed E-state index contributed by atoms with van der Waals surface area (Å²) in [6.07, 6.45) is 0. The molecule has 0 radical (unpaired) electrons. The first-order chi connectivity index (χ1) is 17.3. The number of piperazine rings is 1. The van der Waals surface area contributed by atoms with Crippen molar-refractivity contribution in [3.63, 3.8) is 0 Å². The normalized spacial score (nSPS) is 15.6. The minimum Gasteiger partial charge on any atom is -0.497 e. The summed E-state index contributed by atoms with van der Waals surface area (Å²) in [7, 11) is 1.59. The van der Waals surface area contributed by atoms with Gasteiger partial charge in [-0.05, 0) is 72.0 Å². The van der Waals surface area contributed by atoms with Gasteiger partial charge in [0, 0.05) is 37.1 Å². The Labute approximate surface area is 212 Å². The molecule has 1 aliphatic heterocycles. The van der Waals surface area contributed by atoms with Gasteiger partial charge in [-0.25, -0.2) is 4.79 Å². The minimum absolute atomic E-state index is 0.146. The van der Waals surface area contributed by atoms with E-state index in [1.165, 1.54) is 5.56 Å². The van der Waals surface area contributed by atoms with Gasteiger partial charge in [-0.1, -0.05) is 38.1 Å². The predicted octanol–water partition coefficient (Wildman–Crippen LogP) is 5.33. The summed E-state index contributed by atoms with van der Waals surface area (Å²) >= 11 is 0. The highest BCUT2D eigenvalue weighted by atomic mass is 16.5. The smallest absolute Gasteiger partial charge is 0.314 e. The Balaban J connectivity index is 1.52. The number of benzene rings is 3. The highest BCUT2D eigenvalue weighted by Gasteiger charge is 2.25. The molecule has 3 amide bonds. The molecule has 0 bridgehead atoms. The number of carbonyl (C=O) groups is 2. The van der Waals surface area contributed by atoms with Gasteiger partial charge in [0.1, 0.15) is 5.75 Å². The topological polar surface area (TPSA) is 87.9 Å². The number of amides is 3. The van der Waals surface area contributed by atoms with Gasteiger partial charge >= 0.3 is 6.03 Å². The Bertz CT molecular complexity index is 1220. The number of anilines is 2. The molecule has 0 aromatic heterocycles. The molecule has 4 rings (SSSR count). The number of nitrogens with one attached hydrogen (secondary N) is 1. The zero-order valence-corrected chi connectivity index (χ0v) is 21.3. The molecule has 0 aliphatic carbocycles. The molecule has 7 nitrogen and oxygen atoms in total. The van der Waals surface area contributed by atoms with Crippen molar-refractivity contribution in [2.24, 2.45) is 5.73 Å². The first kappa shape index (κ1) is 25.1. The average molecular weight is 487 g/mol. The number of carbonyl (C=O) groups excluding carboxylic acids is 2. The van der Waals surface area contributed by atoms with Gasteiger partial charge in [0.25, 0.3) is 5.91 Å². The number of hydrogen-bond acceptors (Lipinski definition) is 4. The van der Waals surface area contributed by atoms with Gasteiger partial charge in [-0.15, -0.1) is 0 Å². The van der Waals surface area contributed by atoms with Crippen molar-refractivity contribution in [2.45, 2.75) is 32.7 Å². The second kappa shape index (κ2) is 10.7. The van der Waals surface area contributed by atoms with Gasteiger partial charge < -0.3 is 25.6 Å². The zero-order valence-electron chi connectivity index (χ0n) is 21.3. The number of nitrogens with zero attached hydrogens (tertiary/aromatic N) is 2. The van der Waals surface area contributed by atoms with Gasteiger partial charge in [0.2, 0.25) is 0 Å². The monoisotopic (exact) mass is 486 g/mol. The molecule has 1 saturated heterocycles. The zero-order chi connectivity index (χ0) is 25.8.